The van der Waals surface area contributed by atoms with Gasteiger partial charge in [-0.05, 0) is 36.4 Å². The lowest BCUT2D eigenvalue weighted by Gasteiger charge is -2.08. The average Bonchev–Trinajstić information content (AvgIpc) is 3.11. The van der Waals surface area contributed by atoms with Crippen LogP contribution in [0, 0.1) is 0 Å². The molecule has 3 aromatic rings. The summed E-state index contributed by atoms with van der Waals surface area (Å²) in [6, 6.07) is 17.4. The van der Waals surface area contributed by atoms with Crippen LogP contribution in [-0.4, -0.2) is 19.3 Å². The van der Waals surface area contributed by atoms with Gasteiger partial charge in [0.2, 0.25) is 0 Å². The number of aldehydes is 1. The van der Waals surface area contributed by atoms with E-state index in [-0.39, 0.29) is 11.7 Å². The Balaban J connectivity index is 1.82. The molecule has 24 heavy (non-hydrogen) atoms. The second-order valence-corrected chi connectivity index (χ2v) is 5.09. The molecule has 0 atom stereocenters. The van der Waals surface area contributed by atoms with Gasteiger partial charge in [0.15, 0.2) is 12.0 Å². The molecule has 5 heteroatoms. The Kier molecular flexibility index (Phi) is 4.43. The molecule has 0 saturated heterocycles. The van der Waals surface area contributed by atoms with Crippen LogP contribution in [-0.2, 0) is 0 Å². The molecule has 1 heterocycles. The SMILES string of the molecule is COc1cccc(NC(=O)c2cccc(-c3ccc(C=O)o3)c2)c1. The fourth-order valence-corrected chi connectivity index (χ4v) is 2.29. The van der Waals surface area contributed by atoms with Gasteiger partial charge in [-0.25, -0.2) is 0 Å². The van der Waals surface area contributed by atoms with E-state index >= 15 is 0 Å². The standard InChI is InChI=1S/C19H15NO4/c1-23-16-7-3-6-15(11-16)20-19(22)14-5-2-4-13(10-14)18-9-8-17(12-21)24-18/h2-12H,1H3,(H,20,22). The summed E-state index contributed by atoms with van der Waals surface area (Å²) in [7, 11) is 1.57. The smallest absolute Gasteiger partial charge is 0.255 e. The quantitative estimate of drug-likeness (QED) is 0.721. The zero-order valence-corrected chi connectivity index (χ0v) is 13.0. The Hall–Kier alpha value is -3.34. The van der Waals surface area contributed by atoms with Gasteiger partial charge in [0, 0.05) is 22.9 Å². The van der Waals surface area contributed by atoms with Gasteiger partial charge in [-0.2, -0.15) is 0 Å². The van der Waals surface area contributed by atoms with Crippen molar-refractivity contribution in [2.75, 3.05) is 12.4 Å². The van der Waals surface area contributed by atoms with Crippen LogP contribution in [0.4, 0.5) is 5.69 Å². The lowest BCUT2D eigenvalue weighted by Crippen LogP contribution is -2.11. The molecule has 2 aromatic carbocycles. The minimum absolute atomic E-state index is 0.243. The van der Waals surface area contributed by atoms with E-state index in [1.165, 1.54) is 0 Å². The second kappa shape index (κ2) is 6.83. The largest absolute Gasteiger partial charge is 0.497 e. The monoisotopic (exact) mass is 321 g/mol. The predicted octanol–water partition coefficient (Wildman–Crippen LogP) is 4.02. The van der Waals surface area contributed by atoms with E-state index in [2.05, 4.69) is 5.32 Å². The molecule has 0 aliphatic carbocycles. The molecule has 1 aromatic heterocycles. The summed E-state index contributed by atoms with van der Waals surface area (Å²) in [6.45, 7) is 0. The van der Waals surface area contributed by atoms with E-state index in [1.807, 2.05) is 6.07 Å². The lowest BCUT2D eigenvalue weighted by atomic mass is 10.1. The van der Waals surface area contributed by atoms with Crippen molar-refractivity contribution < 1.29 is 18.7 Å². The van der Waals surface area contributed by atoms with Gasteiger partial charge < -0.3 is 14.5 Å². The number of nitrogens with one attached hydrogen (secondary N) is 1. The first-order valence-electron chi connectivity index (χ1n) is 7.30. The molecule has 0 bridgehead atoms. The summed E-state index contributed by atoms with van der Waals surface area (Å²) >= 11 is 0. The number of methoxy groups -OCH3 is 1. The molecule has 0 aliphatic rings. The van der Waals surface area contributed by atoms with Crippen molar-refractivity contribution in [2.45, 2.75) is 0 Å². The van der Waals surface area contributed by atoms with Gasteiger partial charge in [-0.15, -0.1) is 0 Å². The zero-order chi connectivity index (χ0) is 16.9. The van der Waals surface area contributed by atoms with Crippen molar-refractivity contribution in [3.05, 3.63) is 72.0 Å². The first-order valence-corrected chi connectivity index (χ1v) is 7.30. The Morgan fingerprint density at radius 3 is 2.67 bits per heavy atom. The van der Waals surface area contributed by atoms with Crippen LogP contribution in [0.25, 0.3) is 11.3 Å². The minimum Gasteiger partial charge on any atom is -0.497 e. The molecule has 120 valence electrons. The number of amides is 1. The number of hydrogen-bond acceptors (Lipinski definition) is 4. The third kappa shape index (κ3) is 3.35. The number of carbonyl (C=O) groups excluding carboxylic acids is 2. The lowest BCUT2D eigenvalue weighted by molar-refractivity contribution is 0.102. The molecule has 0 saturated carbocycles. The van der Waals surface area contributed by atoms with Crippen molar-refractivity contribution in [2.24, 2.45) is 0 Å². The molecule has 0 unspecified atom stereocenters. The van der Waals surface area contributed by atoms with Crippen molar-refractivity contribution in [1.82, 2.24) is 0 Å². The van der Waals surface area contributed by atoms with Gasteiger partial charge in [0.05, 0.1) is 7.11 Å². The number of furan rings is 1. The molecule has 1 N–H and O–H groups in total. The van der Waals surface area contributed by atoms with Gasteiger partial charge in [0.1, 0.15) is 11.5 Å². The highest BCUT2D eigenvalue weighted by molar-refractivity contribution is 6.05. The minimum atomic E-state index is -0.243. The van der Waals surface area contributed by atoms with Crippen LogP contribution in [0.3, 0.4) is 0 Å². The number of carbonyl (C=O) groups is 2. The Labute approximate surface area is 138 Å². The summed E-state index contributed by atoms with van der Waals surface area (Å²) < 4.78 is 10.5. The zero-order valence-electron chi connectivity index (χ0n) is 13.0. The number of hydrogen-bond donors (Lipinski definition) is 1. The Morgan fingerprint density at radius 2 is 1.92 bits per heavy atom. The van der Waals surface area contributed by atoms with Crippen LogP contribution in [0.15, 0.2) is 65.1 Å². The first-order chi connectivity index (χ1) is 11.7. The Bertz CT molecular complexity index is 882. The molecule has 0 aliphatic heterocycles. The molecule has 1 amide bonds. The summed E-state index contributed by atoms with van der Waals surface area (Å²) in [5, 5.41) is 2.82. The fourth-order valence-electron chi connectivity index (χ4n) is 2.29. The highest BCUT2D eigenvalue weighted by atomic mass is 16.5. The molecular weight excluding hydrogens is 306 g/mol. The number of anilines is 1. The summed E-state index contributed by atoms with van der Waals surface area (Å²) in [5.41, 5.74) is 1.85. The van der Waals surface area contributed by atoms with E-state index in [0.29, 0.717) is 29.0 Å². The second-order valence-electron chi connectivity index (χ2n) is 5.09. The summed E-state index contributed by atoms with van der Waals surface area (Å²) in [6.07, 6.45) is 0.642. The maximum absolute atomic E-state index is 12.4. The summed E-state index contributed by atoms with van der Waals surface area (Å²) in [4.78, 5) is 23.1. The molecular formula is C19H15NO4. The van der Waals surface area contributed by atoms with E-state index in [4.69, 9.17) is 9.15 Å². The fraction of sp³-hybridized carbons (Fsp3) is 0.0526. The van der Waals surface area contributed by atoms with E-state index in [1.54, 1.807) is 61.7 Å². The molecule has 5 nitrogen and oxygen atoms in total. The topological polar surface area (TPSA) is 68.5 Å². The van der Waals surface area contributed by atoms with E-state index in [9.17, 15) is 9.59 Å². The highest BCUT2D eigenvalue weighted by Crippen LogP contribution is 2.23. The van der Waals surface area contributed by atoms with Gasteiger partial charge in [-0.1, -0.05) is 18.2 Å². The van der Waals surface area contributed by atoms with E-state index < -0.39 is 0 Å². The highest BCUT2D eigenvalue weighted by Gasteiger charge is 2.10. The summed E-state index contributed by atoms with van der Waals surface area (Å²) in [5.74, 6) is 1.20. The van der Waals surface area contributed by atoms with Crippen LogP contribution >= 0.6 is 0 Å². The normalized spacial score (nSPS) is 10.2. The van der Waals surface area contributed by atoms with E-state index in [0.717, 1.165) is 5.56 Å². The van der Waals surface area contributed by atoms with Crippen molar-refractivity contribution in [3.63, 3.8) is 0 Å². The van der Waals surface area contributed by atoms with Crippen LogP contribution < -0.4 is 10.1 Å². The maximum atomic E-state index is 12.4. The third-order valence-electron chi connectivity index (χ3n) is 3.48. The van der Waals surface area contributed by atoms with Gasteiger partial charge in [0.25, 0.3) is 5.91 Å². The number of benzene rings is 2. The van der Waals surface area contributed by atoms with Gasteiger partial charge in [-0.3, -0.25) is 9.59 Å². The van der Waals surface area contributed by atoms with Crippen LogP contribution in [0.5, 0.6) is 5.75 Å². The predicted molar refractivity (Wildman–Crippen MR) is 90.5 cm³/mol. The number of ether oxygens (including phenoxy) is 1. The maximum Gasteiger partial charge on any atom is 0.255 e. The molecule has 3 rings (SSSR count). The van der Waals surface area contributed by atoms with Crippen molar-refractivity contribution in [3.8, 4) is 17.1 Å². The van der Waals surface area contributed by atoms with Crippen LogP contribution in [0.1, 0.15) is 20.9 Å². The van der Waals surface area contributed by atoms with Crippen molar-refractivity contribution in [1.29, 1.82) is 0 Å². The first kappa shape index (κ1) is 15.6. The molecule has 0 radical (unpaired) electrons. The molecule has 0 fully saturated rings. The average molecular weight is 321 g/mol. The van der Waals surface area contributed by atoms with Gasteiger partial charge >= 0.3 is 0 Å². The Morgan fingerprint density at radius 1 is 1.08 bits per heavy atom. The van der Waals surface area contributed by atoms with Crippen LogP contribution in [0.2, 0.25) is 0 Å². The number of rotatable bonds is 5. The molecule has 0 spiro atoms. The van der Waals surface area contributed by atoms with Crippen molar-refractivity contribution >= 4 is 17.9 Å². The third-order valence-corrected chi connectivity index (χ3v) is 3.48.